The average Bonchev–Trinajstić information content (AvgIpc) is 3.22. The van der Waals surface area contributed by atoms with Gasteiger partial charge in [0.1, 0.15) is 11.4 Å². The van der Waals surface area contributed by atoms with E-state index >= 15 is 0 Å². The Labute approximate surface area is 197 Å². The molecule has 1 saturated heterocycles. The summed E-state index contributed by atoms with van der Waals surface area (Å²) in [7, 11) is 3.35. The minimum Gasteiger partial charge on any atom is -0.496 e. The molecule has 2 aliphatic rings. The number of ether oxygens (including phenoxy) is 3. The normalized spacial score (nSPS) is 19.8. The van der Waals surface area contributed by atoms with Crippen LogP contribution in [0.4, 0.5) is 0 Å². The summed E-state index contributed by atoms with van der Waals surface area (Å²) in [4.78, 5) is 20.1. The van der Waals surface area contributed by atoms with Crippen LogP contribution >= 0.6 is 11.6 Å². The number of rotatable bonds is 5. The predicted molar refractivity (Wildman–Crippen MR) is 127 cm³/mol. The molecule has 1 fully saturated rings. The molecule has 0 unspecified atom stereocenters. The Hall–Kier alpha value is -2.77. The SMILES string of the molecule is COc1cc2c(c(OC)c1C)OC[C@@H]1CN(CCc3c(C)nc4ccc(Cl)cn4c3=O)C[C@H]21. The van der Waals surface area contributed by atoms with E-state index in [4.69, 9.17) is 25.8 Å². The van der Waals surface area contributed by atoms with Crippen LogP contribution in [0.15, 0.2) is 29.2 Å². The third kappa shape index (κ3) is 3.73. The van der Waals surface area contributed by atoms with E-state index in [-0.39, 0.29) is 5.56 Å². The van der Waals surface area contributed by atoms with Crippen molar-refractivity contribution in [1.29, 1.82) is 0 Å². The monoisotopic (exact) mass is 469 g/mol. The van der Waals surface area contributed by atoms with Crippen LogP contribution in [0.3, 0.4) is 0 Å². The van der Waals surface area contributed by atoms with Gasteiger partial charge in [0.2, 0.25) is 0 Å². The van der Waals surface area contributed by atoms with Gasteiger partial charge >= 0.3 is 0 Å². The lowest BCUT2D eigenvalue weighted by molar-refractivity contribution is 0.203. The number of nitrogens with zero attached hydrogens (tertiary/aromatic N) is 3. The van der Waals surface area contributed by atoms with Gasteiger partial charge in [-0.3, -0.25) is 9.20 Å². The van der Waals surface area contributed by atoms with Gasteiger partial charge in [0, 0.05) is 60.1 Å². The molecular formula is C25H28ClN3O4. The molecule has 0 amide bonds. The fourth-order valence-corrected chi connectivity index (χ4v) is 5.44. The molecular weight excluding hydrogens is 442 g/mol. The summed E-state index contributed by atoms with van der Waals surface area (Å²) < 4.78 is 19.0. The summed E-state index contributed by atoms with van der Waals surface area (Å²) in [5.41, 5.74) is 4.18. The Morgan fingerprint density at radius 3 is 2.79 bits per heavy atom. The van der Waals surface area contributed by atoms with E-state index in [0.29, 0.717) is 35.5 Å². The molecule has 2 atom stereocenters. The highest BCUT2D eigenvalue weighted by Gasteiger charge is 2.40. The van der Waals surface area contributed by atoms with Crippen LogP contribution in [0.5, 0.6) is 17.2 Å². The summed E-state index contributed by atoms with van der Waals surface area (Å²) in [6.07, 6.45) is 2.28. The topological polar surface area (TPSA) is 65.3 Å². The fraction of sp³-hybridized carbons (Fsp3) is 0.440. The number of hydrogen-bond acceptors (Lipinski definition) is 6. The van der Waals surface area contributed by atoms with Gasteiger partial charge in [0.15, 0.2) is 11.5 Å². The average molecular weight is 470 g/mol. The lowest BCUT2D eigenvalue weighted by atomic mass is 9.86. The molecule has 1 aromatic carbocycles. The number of benzene rings is 1. The number of fused-ring (bicyclic) bond motifs is 4. The standard InChI is InChI=1S/C25H28ClN3O4/c1-14-21(31-3)9-19-20-12-28(10-16(20)13-33-24(19)23(14)32-4)8-7-18-15(2)27-22-6-5-17(26)11-29(22)25(18)30/h5-6,9,11,16,20H,7-8,10,12-13H2,1-4H3/t16-,20-/m0/s1. The highest BCUT2D eigenvalue weighted by Crippen LogP contribution is 2.49. The maximum atomic E-state index is 13.1. The van der Waals surface area contributed by atoms with Crippen LogP contribution in [-0.2, 0) is 6.42 Å². The van der Waals surface area contributed by atoms with Gasteiger partial charge in [-0.25, -0.2) is 4.98 Å². The second-order valence-corrected chi connectivity index (χ2v) is 9.34. The molecule has 174 valence electrons. The zero-order chi connectivity index (χ0) is 23.3. The number of halogens is 1. The molecule has 0 aliphatic carbocycles. The number of aryl methyl sites for hydroxylation is 1. The number of likely N-dealkylation sites (tertiary alicyclic amines) is 1. The van der Waals surface area contributed by atoms with Crippen molar-refractivity contribution in [3.05, 3.63) is 62.2 Å². The van der Waals surface area contributed by atoms with E-state index in [9.17, 15) is 4.79 Å². The van der Waals surface area contributed by atoms with Crippen molar-refractivity contribution >= 4 is 17.2 Å². The van der Waals surface area contributed by atoms with Crippen LogP contribution in [0.25, 0.3) is 5.65 Å². The van der Waals surface area contributed by atoms with E-state index in [1.165, 1.54) is 0 Å². The van der Waals surface area contributed by atoms with E-state index in [1.54, 1.807) is 36.9 Å². The molecule has 33 heavy (non-hydrogen) atoms. The Bertz CT molecular complexity index is 1290. The zero-order valence-electron chi connectivity index (χ0n) is 19.4. The van der Waals surface area contributed by atoms with Crippen LogP contribution in [0.1, 0.15) is 28.3 Å². The Morgan fingerprint density at radius 2 is 2.03 bits per heavy atom. The first-order valence-electron chi connectivity index (χ1n) is 11.2. The summed E-state index contributed by atoms with van der Waals surface area (Å²) in [5, 5.41) is 0.518. The van der Waals surface area contributed by atoms with Crippen LogP contribution in [-0.4, -0.2) is 54.7 Å². The van der Waals surface area contributed by atoms with Crippen molar-refractivity contribution in [1.82, 2.24) is 14.3 Å². The molecule has 0 bridgehead atoms. The molecule has 3 aromatic rings. The van der Waals surface area contributed by atoms with Gasteiger partial charge in [-0.2, -0.15) is 0 Å². The summed E-state index contributed by atoms with van der Waals surface area (Å²) in [6, 6.07) is 5.62. The second kappa shape index (κ2) is 8.54. The highest BCUT2D eigenvalue weighted by molar-refractivity contribution is 6.30. The molecule has 0 N–H and O–H groups in total. The van der Waals surface area contributed by atoms with Gasteiger partial charge in [-0.05, 0) is 38.5 Å². The minimum absolute atomic E-state index is 0.0461. The molecule has 4 heterocycles. The third-order valence-corrected chi connectivity index (χ3v) is 7.24. The van der Waals surface area contributed by atoms with E-state index < -0.39 is 0 Å². The Morgan fingerprint density at radius 1 is 1.21 bits per heavy atom. The fourth-order valence-electron chi connectivity index (χ4n) is 5.28. The first-order chi connectivity index (χ1) is 15.9. The van der Waals surface area contributed by atoms with E-state index in [2.05, 4.69) is 16.0 Å². The van der Waals surface area contributed by atoms with Crippen molar-refractivity contribution in [3.63, 3.8) is 0 Å². The van der Waals surface area contributed by atoms with Crippen molar-refractivity contribution in [3.8, 4) is 17.2 Å². The molecule has 7 nitrogen and oxygen atoms in total. The summed E-state index contributed by atoms with van der Waals surface area (Å²) in [6.45, 7) is 7.17. The molecule has 2 aromatic heterocycles. The number of aromatic nitrogens is 2. The van der Waals surface area contributed by atoms with Crippen molar-refractivity contribution in [2.45, 2.75) is 26.2 Å². The molecule has 8 heteroatoms. The minimum atomic E-state index is -0.0461. The third-order valence-electron chi connectivity index (χ3n) is 7.01. The Balaban J connectivity index is 1.38. The van der Waals surface area contributed by atoms with Crippen LogP contribution in [0.2, 0.25) is 5.02 Å². The molecule has 2 aliphatic heterocycles. The first kappa shape index (κ1) is 22.0. The quantitative estimate of drug-likeness (QED) is 0.568. The van der Waals surface area contributed by atoms with Crippen LogP contribution < -0.4 is 19.8 Å². The second-order valence-electron chi connectivity index (χ2n) is 8.90. The zero-order valence-corrected chi connectivity index (χ0v) is 20.1. The first-order valence-corrected chi connectivity index (χ1v) is 11.6. The molecule has 5 rings (SSSR count). The number of methoxy groups -OCH3 is 2. The smallest absolute Gasteiger partial charge is 0.261 e. The largest absolute Gasteiger partial charge is 0.496 e. The number of pyridine rings is 1. The lowest BCUT2D eigenvalue weighted by Gasteiger charge is -2.30. The maximum Gasteiger partial charge on any atom is 0.261 e. The lowest BCUT2D eigenvalue weighted by Crippen LogP contribution is -2.28. The Kier molecular flexibility index (Phi) is 5.70. The molecule has 0 radical (unpaired) electrons. The summed E-state index contributed by atoms with van der Waals surface area (Å²) >= 11 is 6.10. The maximum absolute atomic E-state index is 13.1. The van der Waals surface area contributed by atoms with E-state index in [0.717, 1.165) is 59.3 Å². The van der Waals surface area contributed by atoms with Crippen molar-refractivity contribution < 1.29 is 14.2 Å². The van der Waals surface area contributed by atoms with Crippen LogP contribution in [0, 0.1) is 19.8 Å². The van der Waals surface area contributed by atoms with E-state index in [1.807, 2.05) is 13.8 Å². The van der Waals surface area contributed by atoms with Gasteiger partial charge in [-0.15, -0.1) is 0 Å². The van der Waals surface area contributed by atoms with Gasteiger partial charge in [0.25, 0.3) is 5.56 Å². The van der Waals surface area contributed by atoms with Crippen molar-refractivity contribution in [2.24, 2.45) is 5.92 Å². The summed E-state index contributed by atoms with van der Waals surface area (Å²) in [5.74, 6) is 3.14. The molecule has 0 spiro atoms. The van der Waals surface area contributed by atoms with Crippen molar-refractivity contribution in [2.75, 3.05) is 40.5 Å². The van der Waals surface area contributed by atoms with Gasteiger partial charge in [0.05, 0.1) is 25.8 Å². The van der Waals surface area contributed by atoms with Gasteiger partial charge in [-0.1, -0.05) is 11.6 Å². The number of hydrogen-bond donors (Lipinski definition) is 0. The highest BCUT2D eigenvalue weighted by atomic mass is 35.5. The van der Waals surface area contributed by atoms with Gasteiger partial charge < -0.3 is 19.1 Å². The molecule has 0 saturated carbocycles. The predicted octanol–water partition coefficient (Wildman–Crippen LogP) is 3.63.